The number of nitrogens with one attached hydrogen (secondary N) is 1. The number of hydrogen-bond acceptors (Lipinski definition) is 3. The predicted octanol–water partition coefficient (Wildman–Crippen LogP) is 2.45. The van der Waals surface area contributed by atoms with Crippen molar-refractivity contribution >= 4 is 6.03 Å². The van der Waals surface area contributed by atoms with E-state index in [1.54, 1.807) is 24.1 Å². The third-order valence-corrected chi connectivity index (χ3v) is 4.26. The maximum atomic E-state index is 13.0. The van der Waals surface area contributed by atoms with Gasteiger partial charge in [0, 0.05) is 19.7 Å². The zero-order valence-electron chi connectivity index (χ0n) is 14.6. The number of nitrogens with zero attached hydrogens (tertiary/aromatic N) is 1. The fourth-order valence-corrected chi connectivity index (χ4v) is 2.77. The van der Waals surface area contributed by atoms with E-state index in [-0.39, 0.29) is 29.9 Å². The number of hydrogen-bond donors (Lipinski definition) is 1. The van der Waals surface area contributed by atoms with Gasteiger partial charge in [0.2, 0.25) is 0 Å². The van der Waals surface area contributed by atoms with E-state index >= 15 is 0 Å². The smallest absolute Gasteiger partial charge is 0.317 e. The minimum Gasteiger partial charge on any atom is -0.382 e. The number of carbonyl (C=O) groups excluding carboxylic acids is 1. The summed E-state index contributed by atoms with van der Waals surface area (Å²) in [6.45, 7) is 6.25. The van der Waals surface area contributed by atoms with Gasteiger partial charge in [0.1, 0.15) is 5.82 Å². The second-order valence-electron chi connectivity index (χ2n) is 6.52. The van der Waals surface area contributed by atoms with Crippen LogP contribution >= 0.6 is 0 Å². The second kappa shape index (κ2) is 8.99. The SMILES string of the molecule is COC[C@H]1CN(C(=O)N[C@H](Cc2ccc(F)cc2)C(C)C)CCO1. The molecule has 0 saturated carbocycles. The highest BCUT2D eigenvalue weighted by Crippen LogP contribution is 2.13. The first-order valence-electron chi connectivity index (χ1n) is 8.40. The molecule has 1 aliphatic heterocycles. The van der Waals surface area contributed by atoms with Gasteiger partial charge in [0.05, 0.1) is 25.9 Å². The minimum atomic E-state index is -0.249. The molecule has 134 valence electrons. The van der Waals surface area contributed by atoms with E-state index in [4.69, 9.17) is 9.47 Å². The molecule has 2 atom stereocenters. The van der Waals surface area contributed by atoms with E-state index in [9.17, 15) is 9.18 Å². The molecule has 2 rings (SSSR count). The highest BCUT2D eigenvalue weighted by molar-refractivity contribution is 5.74. The van der Waals surface area contributed by atoms with Crippen LogP contribution in [0.1, 0.15) is 19.4 Å². The van der Waals surface area contributed by atoms with Gasteiger partial charge >= 0.3 is 6.03 Å². The fourth-order valence-electron chi connectivity index (χ4n) is 2.77. The summed E-state index contributed by atoms with van der Waals surface area (Å²) in [4.78, 5) is 14.3. The number of ether oxygens (including phenoxy) is 2. The largest absolute Gasteiger partial charge is 0.382 e. The number of rotatable bonds is 6. The van der Waals surface area contributed by atoms with Crippen LogP contribution in [0, 0.1) is 11.7 Å². The zero-order valence-corrected chi connectivity index (χ0v) is 14.6. The average Bonchev–Trinajstić information content (AvgIpc) is 2.56. The van der Waals surface area contributed by atoms with Crippen LogP contribution < -0.4 is 5.32 Å². The van der Waals surface area contributed by atoms with Gasteiger partial charge in [-0.15, -0.1) is 0 Å². The molecule has 2 amide bonds. The lowest BCUT2D eigenvalue weighted by Crippen LogP contribution is -2.53. The predicted molar refractivity (Wildman–Crippen MR) is 90.5 cm³/mol. The molecule has 0 aliphatic carbocycles. The van der Waals surface area contributed by atoms with Crippen LogP contribution in [-0.2, 0) is 15.9 Å². The van der Waals surface area contributed by atoms with Gasteiger partial charge in [-0.3, -0.25) is 0 Å². The Morgan fingerprint density at radius 3 is 2.75 bits per heavy atom. The molecule has 1 aliphatic rings. The summed E-state index contributed by atoms with van der Waals surface area (Å²) < 4.78 is 23.7. The summed E-state index contributed by atoms with van der Waals surface area (Å²) in [5.41, 5.74) is 1.01. The fraction of sp³-hybridized carbons (Fsp3) is 0.611. The molecule has 5 nitrogen and oxygen atoms in total. The van der Waals surface area contributed by atoms with Crippen molar-refractivity contribution in [3.63, 3.8) is 0 Å². The Morgan fingerprint density at radius 1 is 1.42 bits per heavy atom. The first-order chi connectivity index (χ1) is 11.5. The summed E-state index contributed by atoms with van der Waals surface area (Å²) in [7, 11) is 1.62. The topological polar surface area (TPSA) is 50.8 Å². The molecule has 6 heteroatoms. The second-order valence-corrected chi connectivity index (χ2v) is 6.52. The molecule has 0 spiro atoms. The Kier molecular flexibility index (Phi) is 6.99. The van der Waals surface area contributed by atoms with E-state index in [0.717, 1.165) is 5.56 Å². The van der Waals surface area contributed by atoms with Gasteiger partial charge in [-0.05, 0) is 30.0 Å². The number of benzene rings is 1. The Hall–Kier alpha value is -1.66. The van der Waals surface area contributed by atoms with Gasteiger partial charge in [-0.25, -0.2) is 9.18 Å². The van der Waals surface area contributed by atoms with Crippen LogP contribution in [0.5, 0.6) is 0 Å². The lowest BCUT2D eigenvalue weighted by Gasteiger charge is -2.34. The van der Waals surface area contributed by atoms with E-state index < -0.39 is 0 Å². The summed E-state index contributed by atoms with van der Waals surface area (Å²) >= 11 is 0. The van der Waals surface area contributed by atoms with Gasteiger partial charge in [0.25, 0.3) is 0 Å². The molecule has 0 radical (unpaired) electrons. The van der Waals surface area contributed by atoms with Crippen molar-refractivity contribution in [1.82, 2.24) is 10.2 Å². The van der Waals surface area contributed by atoms with Crippen molar-refractivity contribution in [1.29, 1.82) is 0 Å². The summed E-state index contributed by atoms with van der Waals surface area (Å²) in [5, 5.41) is 3.11. The van der Waals surface area contributed by atoms with Crippen LogP contribution in [0.25, 0.3) is 0 Å². The van der Waals surface area contributed by atoms with Crippen molar-refractivity contribution in [3.05, 3.63) is 35.6 Å². The maximum absolute atomic E-state index is 13.0. The maximum Gasteiger partial charge on any atom is 0.317 e. The minimum absolute atomic E-state index is 0.00770. The Morgan fingerprint density at radius 2 is 2.12 bits per heavy atom. The van der Waals surface area contributed by atoms with Gasteiger partial charge < -0.3 is 19.7 Å². The Labute approximate surface area is 143 Å². The third kappa shape index (κ3) is 5.46. The highest BCUT2D eigenvalue weighted by atomic mass is 19.1. The first-order valence-corrected chi connectivity index (χ1v) is 8.40. The monoisotopic (exact) mass is 338 g/mol. The van der Waals surface area contributed by atoms with Gasteiger partial charge in [0.15, 0.2) is 0 Å². The Balaban J connectivity index is 1.94. The first kappa shape index (κ1) is 18.7. The standard InChI is InChI=1S/C18H27FN2O3/c1-13(2)17(10-14-4-6-15(19)7-5-14)20-18(22)21-8-9-24-16(11-21)12-23-3/h4-7,13,16-17H,8-12H2,1-3H3,(H,20,22)/t16-,17-/m1/s1. The average molecular weight is 338 g/mol. The number of amides is 2. The van der Waals surface area contributed by atoms with Crippen molar-refractivity contribution in [2.45, 2.75) is 32.4 Å². The molecule has 1 fully saturated rings. The summed E-state index contributed by atoms with van der Waals surface area (Å²) in [6.07, 6.45) is 0.597. The van der Waals surface area contributed by atoms with Crippen LogP contribution in [0.4, 0.5) is 9.18 Å². The number of carbonyl (C=O) groups is 1. The molecule has 0 aromatic heterocycles. The molecule has 0 bridgehead atoms. The van der Waals surface area contributed by atoms with Crippen LogP contribution in [0.15, 0.2) is 24.3 Å². The lowest BCUT2D eigenvalue weighted by atomic mass is 9.96. The Bertz CT molecular complexity index is 520. The van der Waals surface area contributed by atoms with Crippen molar-refractivity contribution < 1.29 is 18.7 Å². The quantitative estimate of drug-likeness (QED) is 0.867. The van der Waals surface area contributed by atoms with Crippen molar-refractivity contribution in [2.75, 3.05) is 33.4 Å². The van der Waals surface area contributed by atoms with Crippen molar-refractivity contribution in [3.8, 4) is 0 Å². The number of morpholine rings is 1. The molecule has 24 heavy (non-hydrogen) atoms. The van der Waals surface area contributed by atoms with E-state index in [1.807, 2.05) is 0 Å². The van der Waals surface area contributed by atoms with Crippen LogP contribution in [0.3, 0.4) is 0 Å². The highest BCUT2D eigenvalue weighted by Gasteiger charge is 2.26. The lowest BCUT2D eigenvalue weighted by molar-refractivity contribution is -0.0497. The summed E-state index contributed by atoms with van der Waals surface area (Å²) in [5.74, 6) is 0.0243. The van der Waals surface area contributed by atoms with E-state index in [2.05, 4.69) is 19.2 Å². The molecular formula is C18H27FN2O3. The molecule has 1 N–H and O–H groups in total. The van der Waals surface area contributed by atoms with Crippen LogP contribution in [-0.4, -0.2) is 56.5 Å². The molecule has 1 saturated heterocycles. The number of methoxy groups -OCH3 is 1. The number of halogens is 1. The molecule has 1 aromatic rings. The molecule has 1 aromatic carbocycles. The van der Waals surface area contributed by atoms with Gasteiger partial charge in [-0.2, -0.15) is 0 Å². The molecule has 0 unspecified atom stereocenters. The zero-order chi connectivity index (χ0) is 17.5. The van der Waals surface area contributed by atoms with E-state index in [0.29, 0.717) is 32.7 Å². The normalized spacial score (nSPS) is 19.4. The molecular weight excluding hydrogens is 311 g/mol. The molecule has 1 heterocycles. The van der Waals surface area contributed by atoms with Crippen LogP contribution in [0.2, 0.25) is 0 Å². The number of urea groups is 1. The summed E-state index contributed by atoms with van der Waals surface area (Å²) in [6, 6.07) is 6.34. The third-order valence-electron chi connectivity index (χ3n) is 4.26. The van der Waals surface area contributed by atoms with Gasteiger partial charge in [-0.1, -0.05) is 26.0 Å². The van der Waals surface area contributed by atoms with Crippen molar-refractivity contribution in [2.24, 2.45) is 5.92 Å². The van der Waals surface area contributed by atoms with E-state index in [1.165, 1.54) is 12.1 Å².